The third-order valence-corrected chi connectivity index (χ3v) is 3.11. The van der Waals surface area contributed by atoms with Crippen LogP contribution >= 0.6 is 23.2 Å². The zero-order chi connectivity index (χ0) is 14.5. The molecule has 0 aromatic heterocycles. The molecule has 0 heterocycles. The minimum Gasteiger partial charge on any atom is -0.481 e. The van der Waals surface area contributed by atoms with Gasteiger partial charge in [-0.15, -0.1) is 0 Å². The molecule has 0 saturated heterocycles. The van der Waals surface area contributed by atoms with Gasteiger partial charge in [-0.2, -0.15) is 0 Å². The van der Waals surface area contributed by atoms with Crippen LogP contribution in [0.25, 0.3) is 0 Å². The summed E-state index contributed by atoms with van der Waals surface area (Å²) in [7, 11) is 0. The Bertz CT molecular complexity index is 582. The first-order chi connectivity index (χ1) is 9.54. The van der Waals surface area contributed by atoms with Gasteiger partial charge in [-0.25, -0.2) is 0 Å². The molecule has 0 saturated carbocycles. The van der Waals surface area contributed by atoms with Gasteiger partial charge in [0, 0.05) is 15.7 Å². The molecule has 1 amide bonds. The average Bonchev–Trinajstić information content (AvgIpc) is 2.44. The molecule has 0 bridgehead atoms. The molecule has 1 N–H and O–H groups in total. The van der Waals surface area contributed by atoms with Crippen LogP contribution in [0, 0.1) is 0 Å². The number of carbonyl (C=O) groups excluding carboxylic acids is 1. The lowest BCUT2D eigenvalue weighted by molar-refractivity contribution is -0.122. The highest BCUT2D eigenvalue weighted by Gasteiger charge is 2.14. The fourth-order valence-corrected chi connectivity index (χ4v) is 1.80. The van der Waals surface area contributed by atoms with Crippen molar-refractivity contribution in [2.75, 3.05) is 5.32 Å². The van der Waals surface area contributed by atoms with Crippen LogP contribution in [0.4, 0.5) is 5.69 Å². The van der Waals surface area contributed by atoms with Crippen LogP contribution in [-0.4, -0.2) is 12.0 Å². The molecule has 2 rings (SSSR count). The van der Waals surface area contributed by atoms with Crippen LogP contribution in [0.2, 0.25) is 10.0 Å². The van der Waals surface area contributed by atoms with E-state index >= 15 is 0 Å². The van der Waals surface area contributed by atoms with Gasteiger partial charge in [0.1, 0.15) is 5.75 Å². The summed E-state index contributed by atoms with van der Waals surface area (Å²) in [5.74, 6) is 0.357. The highest BCUT2D eigenvalue weighted by atomic mass is 35.5. The zero-order valence-corrected chi connectivity index (χ0v) is 12.3. The normalized spacial score (nSPS) is 11.8. The molecule has 0 fully saturated rings. The van der Waals surface area contributed by atoms with E-state index in [2.05, 4.69) is 5.32 Å². The third kappa shape index (κ3) is 4.15. The number of nitrogens with one attached hydrogen (secondary N) is 1. The lowest BCUT2D eigenvalue weighted by atomic mass is 10.3. The number of ether oxygens (including phenoxy) is 1. The van der Waals surface area contributed by atoms with E-state index in [0.29, 0.717) is 21.5 Å². The molecule has 3 nitrogen and oxygen atoms in total. The minimum absolute atomic E-state index is 0.234. The van der Waals surface area contributed by atoms with Crippen LogP contribution in [0.15, 0.2) is 48.5 Å². The van der Waals surface area contributed by atoms with Crippen molar-refractivity contribution >= 4 is 34.8 Å². The van der Waals surface area contributed by atoms with Gasteiger partial charge in [-0.05, 0) is 55.5 Å². The Morgan fingerprint density at radius 2 is 1.50 bits per heavy atom. The van der Waals surface area contributed by atoms with Gasteiger partial charge in [0.05, 0.1) is 0 Å². The topological polar surface area (TPSA) is 38.3 Å². The molecule has 2 aromatic rings. The van der Waals surface area contributed by atoms with Gasteiger partial charge in [-0.1, -0.05) is 23.2 Å². The predicted molar refractivity (Wildman–Crippen MR) is 81.6 cm³/mol. The van der Waals surface area contributed by atoms with Gasteiger partial charge in [0.15, 0.2) is 6.10 Å². The predicted octanol–water partition coefficient (Wildman–Crippen LogP) is 4.40. The molecule has 1 atom stereocenters. The summed E-state index contributed by atoms with van der Waals surface area (Å²) in [5, 5.41) is 3.99. The summed E-state index contributed by atoms with van der Waals surface area (Å²) in [6.45, 7) is 1.68. The molecule has 104 valence electrons. The number of hydrogen-bond donors (Lipinski definition) is 1. The first-order valence-electron chi connectivity index (χ1n) is 6.03. The summed E-state index contributed by atoms with van der Waals surface area (Å²) < 4.78 is 5.53. The van der Waals surface area contributed by atoms with E-state index in [1.807, 2.05) is 0 Å². The van der Waals surface area contributed by atoms with Crippen LogP contribution in [0.3, 0.4) is 0 Å². The molecule has 0 aliphatic heterocycles. The number of rotatable bonds is 4. The summed E-state index contributed by atoms with van der Waals surface area (Å²) in [6.07, 6.45) is -0.619. The van der Waals surface area contributed by atoms with Crippen molar-refractivity contribution in [3.05, 3.63) is 58.6 Å². The number of carbonyl (C=O) groups is 1. The number of halogens is 2. The quantitative estimate of drug-likeness (QED) is 0.909. The van der Waals surface area contributed by atoms with E-state index < -0.39 is 6.10 Å². The Hall–Kier alpha value is -1.71. The third-order valence-electron chi connectivity index (χ3n) is 2.61. The average molecular weight is 310 g/mol. The molecule has 2 aromatic carbocycles. The van der Waals surface area contributed by atoms with Crippen molar-refractivity contribution in [1.29, 1.82) is 0 Å². The number of hydrogen-bond acceptors (Lipinski definition) is 2. The Morgan fingerprint density at radius 1 is 1.00 bits per heavy atom. The zero-order valence-electron chi connectivity index (χ0n) is 10.8. The van der Waals surface area contributed by atoms with Gasteiger partial charge >= 0.3 is 0 Å². The largest absolute Gasteiger partial charge is 0.481 e. The van der Waals surface area contributed by atoms with Crippen molar-refractivity contribution in [3.8, 4) is 5.75 Å². The number of amides is 1. The standard InChI is InChI=1S/C15H13Cl2NO2/c1-10(20-14-8-4-12(17)5-9-14)15(19)18-13-6-2-11(16)3-7-13/h2-10H,1H3,(H,18,19)/t10-/m0/s1. The van der Waals surface area contributed by atoms with Crippen molar-refractivity contribution in [2.24, 2.45) is 0 Å². The van der Waals surface area contributed by atoms with E-state index in [0.717, 1.165) is 0 Å². The summed E-state index contributed by atoms with van der Waals surface area (Å²) >= 11 is 11.6. The van der Waals surface area contributed by atoms with Crippen molar-refractivity contribution in [3.63, 3.8) is 0 Å². The monoisotopic (exact) mass is 309 g/mol. The minimum atomic E-state index is -0.619. The van der Waals surface area contributed by atoms with Crippen molar-refractivity contribution in [2.45, 2.75) is 13.0 Å². The number of benzene rings is 2. The fourth-order valence-electron chi connectivity index (χ4n) is 1.55. The van der Waals surface area contributed by atoms with Gasteiger partial charge in [-0.3, -0.25) is 4.79 Å². The van der Waals surface area contributed by atoms with Crippen LogP contribution < -0.4 is 10.1 Å². The molecular weight excluding hydrogens is 297 g/mol. The molecule has 0 unspecified atom stereocenters. The van der Waals surface area contributed by atoms with Crippen molar-refractivity contribution in [1.82, 2.24) is 0 Å². The van der Waals surface area contributed by atoms with Crippen molar-refractivity contribution < 1.29 is 9.53 Å². The fraction of sp³-hybridized carbons (Fsp3) is 0.133. The van der Waals surface area contributed by atoms with Crippen LogP contribution in [0.1, 0.15) is 6.92 Å². The Kier molecular flexibility index (Phi) is 4.88. The lowest BCUT2D eigenvalue weighted by Gasteiger charge is -2.14. The lowest BCUT2D eigenvalue weighted by Crippen LogP contribution is -2.30. The van der Waals surface area contributed by atoms with E-state index in [9.17, 15) is 4.79 Å². The molecule has 0 aliphatic rings. The summed E-state index contributed by atoms with van der Waals surface area (Å²) in [4.78, 5) is 12.0. The van der Waals surface area contributed by atoms with Gasteiger partial charge in [0.2, 0.25) is 0 Å². The second-order valence-corrected chi connectivity index (χ2v) is 5.08. The molecule has 20 heavy (non-hydrogen) atoms. The maximum Gasteiger partial charge on any atom is 0.265 e. The number of anilines is 1. The molecular formula is C15H13Cl2NO2. The van der Waals surface area contributed by atoms with Crippen LogP contribution in [-0.2, 0) is 4.79 Å². The highest BCUT2D eigenvalue weighted by molar-refractivity contribution is 6.30. The maximum absolute atomic E-state index is 12.0. The Balaban J connectivity index is 1.94. The van der Waals surface area contributed by atoms with E-state index in [1.54, 1.807) is 55.5 Å². The van der Waals surface area contributed by atoms with E-state index in [1.165, 1.54) is 0 Å². The SMILES string of the molecule is C[C@H](Oc1ccc(Cl)cc1)C(=O)Nc1ccc(Cl)cc1. The molecule has 0 aliphatic carbocycles. The molecule has 0 spiro atoms. The van der Waals surface area contributed by atoms with E-state index in [-0.39, 0.29) is 5.91 Å². The summed E-state index contributed by atoms with van der Waals surface area (Å²) in [5.41, 5.74) is 0.672. The first kappa shape index (κ1) is 14.7. The Labute approximate surface area is 127 Å². The second kappa shape index (κ2) is 6.64. The van der Waals surface area contributed by atoms with E-state index in [4.69, 9.17) is 27.9 Å². The van der Waals surface area contributed by atoms with Crippen LogP contribution in [0.5, 0.6) is 5.75 Å². The highest BCUT2D eigenvalue weighted by Crippen LogP contribution is 2.18. The molecule has 0 radical (unpaired) electrons. The van der Waals surface area contributed by atoms with Gasteiger partial charge in [0.25, 0.3) is 5.91 Å². The second-order valence-electron chi connectivity index (χ2n) is 4.21. The maximum atomic E-state index is 12.0. The first-order valence-corrected chi connectivity index (χ1v) is 6.79. The summed E-state index contributed by atoms with van der Waals surface area (Å²) in [6, 6.07) is 13.7. The molecule has 5 heteroatoms. The van der Waals surface area contributed by atoms with Gasteiger partial charge < -0.3 is 10.1 Å². The Morgan fingerprint density at radius 3 is 2.05 bits per heavy atom. The smallest absolute Gasteiger partial charge is 0.265 e.